The minimum absolute atomic E-state index is 0.190. The molecule has 5 nitrogen and oxygen atoms in total. The predicted octanol–water partition coefficient (Wildman–Crippen LogP) is 2.35. The zero-order chi connectivity index (χ0) is 16.0. The summed E-state index contributed by atoms with van der Waals surface area (Å²) in [6.07, 6.45) is 5.05. The highest BCUT2D eigenvalue weighted by molar-refractivity contribution is 5.38. The zero-order valence-corrected chi connectivity index (χ0v) is 13.4. The van der Waals surface area contributed by atoms with Crippen molar-refractivity contribution in [2.24, 2.45) is 0 Å². The molecule has 1 aliphatic carbocycles. The summed E-state index contributed by atoms with van der Waals surface area (Å²) in [5.74, 6) is 0.873. The Bertz CT molecular complexity index is 810. The van der Waals surface area contributed by atoms with Crippen LogP contribution in [0.4, 0.5) is 0 Å². The van der Waals surface area contributed by atoms with E-state index in [0.29, 0.717) is 12.6 Å². The van der Waals surface area contributed by atoms with Crippen LogP contribution in [0, 0.1) is 0 Å². The average molecular weight is 312 g/mol. The van der Waals surface area contributed by atoms with E-state index in [0.717, 1.165) is 12.2 Å². The molecule has 0 unspecified atom stereocenters. The molecule has 0 N–H and O–H groups in total. The van der Waals surface area contributed by atoms with E-state index in [1.165, 1.54) is 30.0 Å². The first kappa shape index (κ1) is 14.3. The molecule has 1 aromatic carbocycles. The minimum Gasteiger partial charge on any atom is -0.484 e. The molecule has 4 rings (SSSR count). The minimum atomic E-state index is -0.524. The van der Waals surface area contributed by atoms with E-state index in [1.54, 1.807) is 6.20 Å². The zero-order valence-electron chi connectivity index (χ0n) is 13.4. The van der Waals surface area contributed by atoms with Crippen LogP contribution in [0.15, 0.2) is 35.3 Å². The fourth-order valence-electron chi connectivity index (χ4n) is 3.33. The Labute approximate surface area is 134 Å². The maximum atomic E-state index is 11.3. The van der Waals surface area contributed by atoms with Gasteiger partial charge in [-0.2, -0.15) is 4.98 Å². The lowest BCUT2D eigenvalue weighted by atomic mass is 10.0. The van der Waals surface area contributed by atoms with Gasteiger partial charge in [0.1, 0.15) is 11.4 Å². The topological polar surface area (TPSA) is 53.4 Å². The molecule has 1 aliphatic heterocycles. The molecule has 0 fully saturated rings. The largest absolute Gasteiger partial charge is 0.484 e. The SMILES string of the molecule is CC(C)(Oc1ccc2c(c1)CCC2)[C@@H]1Cn2ccc(=O)nc2O1. The Morgan fingerprint density at radius 2 is 2.09 bits per heavy atom. The highest BCUT2D eigenvalue weighted by atomic mass is 16.6. The van der Waals surface area contributed by atoms with Gasteiger partial charge in [0, 0.05) is 12.3 Å². The number of rotatable bonds is 3. The molecule has 1 atom stereocenters. The van der Waals surface area contributed by atoms with Gasteiger partial charge in [0.15, 0.2) is 6.10 Å². The van der Waals surface area contributed by atoms with Crippen molar-refractivity contribution in [3.63, 3.8) is 0 Å². The summed E-state index contributed by atoms with van der Waals surface area (Å²) in [6.45, 7) is 4.64. The normalized spacial score (nSPS) is 19.1. The summed E-state index contributed by atoms with van der Waals surface area (Å²) < 4.78 is 13.9. The highest BCUT2D eigenvalue weighted by Crippen LogP contribution is 2.31. The number of hydrogen-bond donors (Lipinski definition) is 0. The summed E-state index contributed by atoms with van der Waals surface area (Å²) in [6, 6.07) is 8.16. The first-order chi connectivity index (χ1) is 11.0. The van der Waals surface area contributed by atoms with Gasteiger partial charge < -0.3 is 9.47 Å². The number of aromatic nitrogens is 2. The van der Waals surface area contributed by atoms with E-state index in [4.69, 9.17) is 9.47 Å². The van der Waals surface area contributed by atoms with E-state index in [-0.39, 0.29) is 11.7 Å². The molecular weight excluding hydrogens is 292 g/mol. The van der Waals surface area contributed by atoms with E-state index in [1.807, 2.05) is 24.5 Å². The molecule has 0 saturated carbocycles. The summed E-state index contributed by atoms with van der Waals surface area (Å²) >= 11 is 0. The Hall–Kier alpha value is -2.30. The van der Waals surface area contributed by atoms with E-state index >= 15 is 0 Å². The monoisotopic (exact) mass is 312 g/mol. The van der Waals surface area contributed by atoms with Gasteiger partial charge in [0.2, 0.25) is 0 Å². The Balaban J connectivity index is 1.53. The van der Waals surface area contributed by atoms with Gasteiger partial charge >= 0.3 is 0 Å². The van der Waals surface area contributed by atoms with Crippen molar-refractivity contribution >= 4 is 0 Å². The summed E-state index contributed by atoms with van der Waals surface area (Å²) in [7, 11) is 0. The molecule has 0 bridgehead atoms. The number of nitrogens with zero attached hydrogens (tertiary/aromatic N) is 2. The molecule has 1 aromatic heterocycles. The van der Waals surface area contributed by atoms with Gasteiger partial charge in [-0.15, -0.1) is 0 Å². The van der Waals surface area contributed by atoms with Crippen molar-refractivity contribution in [1.29, 1.82) is 0 Å². The molecular formula is C18H20N2O3. The summed E-state index contributed by atoms with van der Waals surface area (Å²) in [5.41, 5.74) is 2.02. The highest BCUT2D eigenvalue weighted by Gasteiger charge is 2.39. The van der Waals surface area contributed by atoms with Gasteiger partial charge in [-0.05, 0) is 56.4 Å². The van der Waals surface area contributed by atoms with Gasteiger partial charge in [0.05, 0.1) is 6.54 Å². The fourth-order valence-corrected chi connectivity index (χ4v) is 3.33. The van der Waals surface area contributed by atoms with Crippen molar-refractivity contribution in [3.05, 3.63) is 51.9 Å². The van der Waals surface area contributed by atoms with Crippen molar-refractivity contribution in [3.8, 4) is 11.8 Å². The molecule has 2 heterocycles. The molecule has 2 aromatic rings. The van der Waals surface area contributed by atoms with E-state index in [2.05, 4.69) is 17.1 Å². The van der Waals surface area contributed by atoms with Crippen LogP contribution in [-0.4, -0.2) is 21.3 Å². The molecule has 0 spiro atoms. The third-order valence-corrected chi connectivity index (χ3v) is 4.69. The van der Waals surface area contributed by atoms with Gasteiger partial charge in [-0.25, -0.2) is 0 Å². The van der Waals surface area contributed by atoms with Crippen molar-refractivity contribution in [1.82, 2.24) is 9.55 Å². The average Bonchev–Trinajstić information content (AvgIpc) is 3.12. The lowest BCUT2D eigenvalue weighted by Gasteiger charge is -2.31. The molecule has 5 heteroatoms. The first-order valence-electron chi connectivity index (χ1n) is 8.06. The standard InChI is InChI=1S/C18H20N2O3/c1-18(2,15-11-20-9-8-16(21)19-17(20)22-15)23-14-7-6-12-4-3-5-13(12)10-14/h6-10,15H,3-5,11H2,1-2H3/t15-/m0/s1. The van der Waals surface area contributed by atoms with Crippen LogP contribution >= 0.6 is 0 Å². The second-order valence-corrected chi connectivity index (χ2v) is 6.80. The maximum absolute atomic E-state index is 11.3. The maximum Gasteiger partial charge on any atom is 0.300 e. The van der Waals surface area contributed by atoms with Crippen LogP contribution in [0.2, 0.25) is 0 Å². The van der Waals surface area contributed by atoms with E-state index in [9.17, 15) is 4.79 Å². The predicted molar refractivity (Wildman–Crippen MR) is 86.1 cm³/mol. The van der Waals surface area contributed by atoms with Crippen molar-refractivity contribution < 1.29 is 9.47 Å². The lowest BCUT2D eigenvalue weighted by molar-refractivity contribution is -0.00463. The second kappa shape index (κ2) is 5.11. The van der Waals surface area contributed by atoms with Crippen LogP contribution in [0.1, 0.15) is 31.4 Å². The molecule has 120 valence electrons. The van der Waals surface area contributed by atoms with Crippen molar-refractivity contribution in [2.45, 2.75) is 51.4 Å². The van der Waals surface area contributed by atoms with Gasteiger partial charge in [0.25, 0.3) is 11.6 Å². The van der Waals surface area contributed by atoms with Crippen LogP contribution in [0.3, 0.4) is 0 Å². The second-order valence-electron chi connectivity index (χ2n) is 6.80. The van der Waals surface area contributed by atoms with Crippen LogP contribution in [0.25, 0.3) is 0 Å². The lowest BCUT2D eigenvalue weighted by Crippen LogP contribution is -2.45. The number of benzene rings is 1. The first-order valence-corrected chi connectivity index (χ1v) is 8.06. The summed E-state index contributed by atoms with van der Waals surface area (Å²) in [4.78, 5) is 15.3. The smallest absolute Gasteiger partial charge is 0.300 e. The Morgan fingerprint density at radius 1 is 1.26 bits per heavy atom. The fraction of sp³-hybridized carbons (Fsp3) is 0.444. The van der Waals surface area contributed by atoms with Crippen LogP contribution in [-0.2, 0) is 19.4 Å². The number of ether oxygens (including phenoxy) is 2. The Kier molecular flexibility index (Phi) is 3.18. The van der Waals surface area contributed by atoms with Gasteiger partial charge in [-0.3, -0.25) is 9.36 Å². The van der Waals surface area contributed by atoms with E-state index < -0.39 is 5.60 Å². The number of hydrogen-bond acceptors (Lipinski definition) is 4. The molecule has 23 heavy (non-hydrogen) atoms. The molecule has 0 radical (unpaired) electrons. The number of aryl methyl sites for hydroxylation is 2. The van der Waals surface area contributed by atoms with Crippen LogP contribution < -0.4 is 15.0 Å². The third kappa shape index (κ3) is 2.60. The Morgan fingerprint density at radius 3 is 2.96 bits per heavy atom. The molecule has 0 amide bonds. The molecule has 2 aliphatic rings. The summed E-state index contributed by atoms with van der Waals surface area (Å²) in [5, 5.41) is 0. The molecule has 0 saturated heterocycles. The third-order valence-electron chi connectivity index (χ3n) is 4.69. The van der Waals surface area contributed by atoms with Crippen molar-refractivity contribution in [2.75, 3.05) is 0 Å². The van der Waals surface area contributed by atoms with Crippen LogP contribution in [0.5, 0.6) is 11.8 Å². The quantitative estimate of drug-likeness (QED) is 0.873. The van der Waals surface area contributed by atoms with Gasteiger partial charge in [-0.1, -0.05) is 6.07 Å². The number of fused-ring (bicyclic) bond motifs is 2.